The van der Waals surface area contributed by atoms with Crippen molar-refractivity contribution in [3.63, 3.8) is 0 Å². The normalized spacial score (nSPS) is 9.71. The van der Waals surface area contributed by atoms with E-state index < -0.39 is 0 Å². The van der Waals surface area contributed by atoms with E-state index in [-0.39, 0.29) is 5.91 Å². The first-order valence-electron chi connectivity index (χ1n) is 5.49. The monoisotopic (exact) mass is 251 g/mol. The predicted molar refractivity (Wildman–Crippen MR) is 65.8 cm³/mol. The Labute approximate surface area is 106 Å². The third kappa shape index (κ3) is 4.41. The van der Waals surface area contributed by atoms with Crippen LogP contribution in [0, 0.1) is 11.3 Å². The van der Waals surface area contributed by atoms with Crippen molar-refractivity contribution in [3.05, 3.63) is 28.5 Å². The topological polar surface area (TPSA) is 65.8 Å². The molecule has 1 aromatic rings. The fraction of sp³-hybridized carbons (Fsp3) is 0.417. The summed E-state index contributed by atoms with van der Waals surface area (Å²) in [4.78, 5) is 15.9. The molecule has 0 aliphatic rings. The summed E-state index contributed by atoms with van der Waals surface area (Å²) in [6.07, 6.45) is 2.04. The maximum absolute atomic E-state index is 11.7. The number of aromatic nitrogens is 1. The van der Waals surface area contributed by atoms with Gasteiger partial charge in [0, 0.05) is 17.8 Å². The lowest BCUT2D eigenvalue weighted by Gasteiger charge is -2.05. The van der Waals surface area contributed by atoms with Gasteiger partial charge in [-0.2, -0.15) is 5.26 Å². The molecule has 0 fully saturated rings. The highest BCUT2D eigenvalue weighted by atomic mass is 35.5. The second kappa shape index (κ2) is 6.87. The van der Waals surface area contributed by atoms with E-state index in [0.717, 1.165) is 18.5 Å². The maximum atomic E-state index is 11.7. The Hall–Kier alpha value is -1.60. The van der Waals surface area contributed by atoms with Crippen LogP contribution in [0.25, 0.3) is 0 Å². The van der Waals surface area contributed by atoms with Gasteiger partial charge < -0.3 is 5.32 Å². The van der Waals surface area contributed by atoms with Gasteiger partial charge in [-0.3, -0.25) is 4.79 Å². The van der Waals surface area contributed by atoms with Crippen LogP contribution in [0.3, 0.4) is 0 Å². The van der Waals surface area contributed by atoms with Gasteiger partial charge in [-0.25, -0.2) is 4.98 Å². The molecule has 4 nitrogen and oxygen atoms in total. The van der Waals surface area contributed by atoms with Crippen molar-refractivity contribution in [1.82, 2.24) is 10.3 Å². The van der Waals surface area contributed by atoms with E-state index in [2.05, 4.69) is 10.3 Å². The molecule has 0 aromatic carbocycles. The first-order valence-corrected chi connectivity index (χ1v) is 5.86. The van der Waals surface area contributed by atoms with E-state index in [4.69, 9.17) is 16.9 Å². The lowest BCUT2D eigenvalue weighted by Crippen LogP contribution is -2.24. The minimum atomic E-state index is -0.220. The zero-order valence-electron chi connectivity index (χ0n) is 9.66. The highest BCUT2D eigenvalue weighted by Gasteiger charge is 2.08. The highest BCUT2D eigenvalue weighted by Crippen LogP contribution is 2.12. The van der Waals surface area contributed by atoms with Crippen molar-refractivity contribution < 1.29 is 4.79 Å². The molecule has 0 atom stereocenters. The SMILES string of the molecule is CCCc1cc(C(=O)NCCC#N)cc(Cl)n1. The Bertz CT molecular complexity index is 440. The third-order valence-corrected chi connectivity index (χ3v) is 2.33. The molecule has 1 amide bonds. The average Bonchev–Trinajstić information content (AvgIpc) is 2.29. The number of nitrogens with one attached hydrogen (secondary N) is 1. The molecule has 5 heteroatoms. The standard InChI is InChI=1S/C12H14ClN3O/c1-2-4-10-7-9(8-11(13)16-10)12(17)15-6-3-5-14/h7-8H,2-4,6H2,1H3,(H,15,17). The van der Waals surface area contributed by atoms with Crippen molar-refractivity contribution in [2.45, 2.75) is 26.2 Å². The van der Waals surface area contributed by atoms with Gasteiger partial charge in [0.1, 0.15) is 5.15 Å². The smallest absolute Gasteiger partial charge is 0.251 e. The molecule has 1 N–H and O–H groups in total. The van der Waals surface area contributed by atoms with Gasteiger partial charge in [0.05, 0.1) is 12.5 Å². The Morgan fingerprint density at radius 1 is 1.59 bits per heavy atom. The van der Waals surface area contributed by atoms with Crippen LogP contribution in [-0.2, 0) is 6.42 Å². The number of nitrogens with zero attached hydrogens (tertiary/aromatic N) is 2. The van der Waals surface area contributed by atoms with Crippen molar-refractivity contribution in [2.75, 3.05) is 6.54 Å². The zero-order chi connectivity index (χ0) is 12.7. The van der Waals surface area contributed by atoms with Crippen molar-refractivity contribution >= 4 is 17.5 Å². The number of hydrogen-bond donors (Lipinski definition) is 1. The van der Waals surface area contributed by atoms with Crippen molar-refractivity contribution in [1.29, 1.82) is 5.26 Å². The molecular formula is C12H14ClN3O. The van der Waals surface area contributed by atoms with Crippen LogP contribution in [-0.4, -0.2) is 17.4 Å². The summed E-state index contributed by atoms with van der Waals surface area (Å²) >= 11 is 5.85. The van der Waals surface area contributed by atoms with Gasteiger partial charge in [0.15, 0.2) is 0 Å². The number of carbonyl (C=O) groups excluding carboxylic acids is 1. The van der Waals surface area contributed by atoms with E-state index in [0.29, 0.717) is 23.7 Å². The lowest BCUT2D eigenvalue weighted by atomic mass is 10.1. The van der Waals surface area contributed by atoms with Crippen molar-refractivity contribution in [3.8, 4) is 6.07 Å². The molecule has 0 bridgehead atoms. The second-order valence-corrected chi connectivity index (χ2v) is 3.97. The Balaban J connectivity index is 2.75. The molecule has 1 aromatic heterocycles. The first kappa shape index (κ1) is 13.5. The van der Waals surface area contributed by atoms with Crippen molar-refractivity contribution in [2.24, 2.45) is 0 Å². The predicted octanol–water partition coefficient (Wildman–Crippen LogP) is 2.33. The van der Waals surface area contributed by atoms with Crippen LogP contribution < -0.4 is 5.32 Å². The Morgan fingerprint density at radius 3 is 3.00 bits per heavy atom. The molecule has 0 unspecified atom stereocenters. The van der Waals surface area contributed by atoms with E-state index in [1.54, 1.807) is 6.07 Å². The molecule has 90 valence electrons. The van der Waals surface area contributed by atoms with Crippen LogP contribution in [0.5, 0.6) is 0 Å². The largest absolute Gasteiger partial charge is 0.351 e. The molecule has 0 aliphatic carbocycles. The number of rotatable bonds is 5. The lowest BCUT2D eigenvalue weighted by molar-refractivity contribution is 0.0954. The Kier molecular flexibility index (Phi) is 5.44. The van der Waals surface area contributed by atoms with Crippen LogP contribution in [0.15, 0.2) is 12.1 Å². The molecule has 0 saturated heterocycles. The van der Waals surface area contributed by atoms with Crippen LogP contribution >= 0.6 is 11.6 Å². The van der Waals surface area contributed by atoms with Gasteiger partial charge in [0.2, 0.25) is 0 Å². The highest BCUT2D eigenvalue weighted by molar-refractivity contribution is 6.29. The zero-order valence-corrected chi connectivity index (χ0v) is 10.4. The quantitative estimate of drug-likeness (QED) is 0.645. The van der Waals surface area contributed by atoms with E-state index in [1.165, 1.54) is 6.07 Å². The van der Waals surface area contributed by atoms with E-state index >= 15 is 0 Å². The van der Waals surface area contributed by atoms with Gasteiger partial charge in [-0.05, 0) is 18.6 Å². The summed E-state index contributed by atoms with van der Waals surface area (Å²) in [6.45, 7) is 2.38. The minimum Gasteiger partial charge on any atom is -0.351 e. The van der Waals surface area contributed by atoms with Gasteiger partial charge in [0.25, 0.3) is 5.91 Å². The second-order valence-electron chi connectivity index (χ2n) is 3.58. The third-order valence-electron chi connectivity index (χ3n) is 2.14. The molecule has 1 rings (SSSR count). The van der Waals surface area contributed by atoms with Crippen LogP contribution in [0.1, 0.15) is 35.8 Å². The van der Waals surface area contributed by atoms with Crippen LogP contribution in [0.2, 0.25) is 5.15 Å². The van der Waals surface area contributed by atoms with Crippen LogP contribution in [0.4, 0.5) is 0 Å². The average molecular weight is 252 g/mol. The summed E-state index contributed by atoms with van der Waals surface area (Å²) in [5, 5.41) is 11.3. The number of carbonyl (C=O) groups is 1. The number of aryl methyl sites for hydroxylation is 1. The molecule has 17 heavy (non-hydrogen) atoms. The summed E-state index contributed by atoms with van der Waals surface area (Å²) in [5.41, 5.74) is 1.30. The van der Waals surface area contributed by atoms with E-state index in [1.807, 2.05) is 13.0 Å². The summed E-state index contributed by atoms with van der Waals surface area (Å²) in [5.74, 6) is -0.220. The number of hydrogen-bond acceptors (Lipinski definition) is 3. The molecule has 1 heterocycles. The molecule has 0 radical (unpaired) electrons. The minimum absolute atomic E-state index is 0.220. The summed E-state index contributed by atoms with van der Waals surface area (Å²) in [7, 11) is 0. The number of amides is 1. The summed E-state index contributed by atoms with van der Waals surface area (Å²) in [6, 6.07) is 5.23. The summed E-state index contributed by atoms with van der Waals surface area (Å²) < 4.78 is 0. The molecule has 0 aliphatic heterocycles. The molecular weight excluding hydrogens is 238 g/mol. The molecule has 0 saturated carbocycles. The Morgan fingerprint density at radius 2 is 2.35 bits per heavy atom. The van der Waals surface area contributed by atoms with E-state index in [9.17, 15) is 4.79 Å². The van der Waals surface area contributed by atoms with Gasteiger partial charge >= 0.3 is 0 Å². The van der Waals surface area contributed by atoms with Gasteiger partial charge in [-0.15, -0.1) is 0 Å². The number of nitriles is 1. The number of halogens is 1. The number of pyridine rings is 1. The molecule has 0 spiro atoms. The first-order chi connectivity index (χ1) is 8.17. The fourth-order valence-corrected chi connectivity index (χ4v) is 1.63. The maximum Gasteiger partial charge on any atom is 0.251 e. The van der Waals surface area contributed by atoms with Gasteiger partial charge in [-0.1, -0.05) is 24.9 Å². The fourth-order valence-electron chi connectivity index (χ4n) is 1.40.